The summed E-state index contributed by atoms with van der Waals surface area (Å²) in [6, 6.07) is 17.2. The van der Waals surface area contributed by atoms with Gasteiger partial charge >= 0.3 is 0 Å². The number of nitrogens with one attached hydrogen (secondary N) is 2. The minimum Gasteiger partial charge on any atom is -0.346 e. The van der Waals surface area contributed by atoms with Crippen LogP contribution in [0.25, 0.3) is 0 Å². The van der Waals surface area contributed by atoms with Crippen molar-refractivity contribution in [2.75, 3.05) is 4.72 Å². The number of anilines is 1. The summed E-state index contributed by atoms with van der Waals surface area (Å²) in [5, 5.41) is 3.04. The van der Waals surface area contributed by atoms with Gasteiger partial charge in [0.1, 0.15) is 0 Å². The zero-order valence-corrected chi connectivity index (χ0v) is 19.3. The summed E-state index contributed by atoms with van der Waals surface area (Å²) in [5.74, 6) is -0.203. The lowest BCUT2D eigenvalue weighted by Crippen LogP contribution is -2.27. The van der Waals surface area contributed by atoms with E-state index in [0.717, 1.165) is 11.1 Å². The Hall–Kier alpha value is -3.12. The lowest BCUT2D eigenvalue weighted by molar-refractivity contribution is 0.0939. The molecule has 162 valence electrons. The minimum absolute atomic E-state index is 0.150. The molecule has 2 N–H and O–H groups in total. The predicted octanol–water partition coefficient (Wildman–Crippen LogP) is 5.21. The van der Waals surface area contributed by atoms with Crippen LogP contribution in [0.2, 0.25) is 0 Å². The van der Waals surface area contributed by atoms with Gasteiger partial charge in [0.15, 0.2) is 0 Å². The van der Waals surface area contributed by atoms with Crippen molar-refractivity contribution in [1.82, 2.24) is 5.32 Å². The molecule has 3 aromatic rings. The average molecular weight is 437 g/mol. The zero-order chi connectivity index (χ0) is 22.8. The molecular formula is C25H28N2O3S. The molecule has 5 nitrogen and oxygen atoms in total. The lowest BCUT2D eigenvalue weighted by Gasteiger charge is -2.19. The Labute approximate surface area is 184 Å². The third-order valence-electron chi connectivity index (χ3n) is 5.48. The second-order valence-electron chi connectivity index (χ2n) is 7.94. The van der Waals surface area contributed by atoms with Crippen molar-refractivity contribution in [3.8, 4) is 0 Å². The standard InChI is InChI=1S/C25H28N2O3S/c1-16-13-18(3)23(15-17(16)2)20(5)26-25(28)21-11-12-24(19(4)14-21)27-31(29,30)22-9-7-6-8-10-22/h6-15,20,27H,1-5H3,(H,26,28)/t20-/m1/s1. The first-order chi connectivity index (χ1) is 14.6. The van der Waals surface area contributed by atoms with Gasteiger partial charge in [-0.05, 0) is 92.8 Å². The van der Waals surface area contributed by atoms with Gasteiger partial charge in [-0.1, -0.05) is 30.3 Å². The summed E-state index contributed by atoms with van der Waals surface area (Å²) >= 11 is 0. The van der Waals surface area contributed by atoms with E-state index < -0.39 is 10.0 Å². The highest BCUT2D eigenvalue weighted by molar-refractivity contribution is 7.92. The van der Waals surface area contributed by atoms with E-state index in [9.17, 15) is 13.2 Å². The number of benzene rings is 3. The van der Waals surface area contributed by atoms with Gasteiger partial charge < -0.3 is 5.32 Å². The second kappa shape index (κ2) is 8.94. The van der Waals surface area contributed by atoms with E-state index in [0.29, 0.717) is 16.8 Å². The quantitative estimate of drug-likeness (QED) is 0.557. The highest BCUT2D eigenvalue weighted by atomic mass is 32.2. The summed E-state index contributed by atoms with van der Waals surface area (Å²) in [5.41, 5.74) is 6.23. The smallest absolute Gasteiger partial charge is 0.261 e. The Morgan fingerprint density at radius 2 is 1.45 bits per heavy atom. The van der Waals surface area contributed by atoms with Crippen molar-refractivity contribution < 1.29 is 13.2 Å². The van der Waals surface area contributed by atoms with E-state index in [1.54, 1.807) is 43.3 Å². The molecule has 0 fully saturated rings. The number of hydrogen-bond donors (Lipinski definition) is 2. The minimum atomic E-state index is -3.69. The molecule has 0 bridgehead atoms. The topological polar surface area (TPSA) is 75.3 Å². The van der Waals surface area contributed by atoms with Crippen molar-refractivity contribution >= 4 is 21.6 Å². The van der Waals surface area contributed by atoms with Gasteiger partial charge in [0.2, 0.25) is 0 Å². The van der Waals surface area contributed by atoms with Gasteiger partial charge in [-0.15, -0.1) is 0 Å². The maximum atomic E-state index is 12.8. The van der Waals surface area contributed by atoms with Crippen LogP contribution in [0.1, 0.15) is 51.1 Å². The SMILES string of the molecule is Cc1cc(C)c([C@@H](C)NC(=O)c2ccc(NS(=O)(=O)c3ccccc3)c(C)c2)cc1C. The maximum absolute atomic E-state index is 12.8. The summed E-state index contributed by atoms with van der Waals surface area (Å²) < 4.78 is 27.7. The molecule has 0 saturated carbocycles. The van der Waals surface area contributed by atoms with Crippen molar-refractivity contribution in [2.24, 2.45) is 0 Å². The Morgan fingerprint density at radius 3 is 2.10 bits per heavy atom. The van der Waals surface area contributed by atoms with E-state index >= 15 is 0 Å². The summed E-state index contributed by atoms with van der Waals surface area (Å²) in [6.07, 6.45) is 0. The van der Waals surface area contributed by atoms with Crippen LogP contribution < -0.4 is 10.0 Å². The van der Waals surface area contributed by atoms with Crippen LogP contribution in [0.15, 0.2) is 65.6 Å². The van der Waals surface area contributed by atoms with Gasteiger partial charge in [-0.3, -0.25) is 9.52 Å². The molecule has 3 aromatic carbocycles. The average Bonchev–Trinajstić information content (AvgIpc) is 2.72. The summed E-state index contributed by atoms with van der Waals surface area (Å²) in [7, 11) is -3.69. The molecule has 0 aliphatic carbocycles. The van der Waals surface area contributed by atoms with Gasteiger partial charge in [-0.25, -0.2) is 8.42 Å². The molecule has 0 radical (unpaired) electrons. The van der Waals surface area contributed by atoms with E-state index in [2.05, 4.69) is 36.0 Å². The van der Waals surface area contributed by atoms with Crippen LogP contribution in [-0.2, 0) is 10.0 Å². The number of rotatable bonds is 6. The first kappa shape index (κ1) is 22.6. The first-order valence-corrected chi connectivity index (χ1v) is 11.6. The number of sulfonamides is 1. The van der Waals surface area contributed by atoms with E-state index in [1.165, 1.54) is 23.3 Å². The van der Waals surface area contributed by atoms with Crippen LogP contribution in [0, 0.1) is 27.7 Å². The van der Waals surface area contributed by atoms with Crippen molar-refractivity contribution in [3.05, 3.63) is 94.0 Å². The molecule has 3 rings (SSSR count). The lowest BCUT2D eigenvalue weighted by atomic mass is 9.96. The van der Waals surface area contributed by atoms with E-state index in [-0.39, 0.29) is 16.8 Å². The fraction of sp³-hybridized carbons (Fsp3) is 0.240. The molecule has 1 atom stereocenters. The van der Waals surface area contributed by atoms with Crippen LogP contribution in [-0.4, -0.2) is 14.3 Å². The number of hydrogen-bond acceptors (Lipinski definition) is 3. The third kappa shape index (κ3) is 5.14. The van der Waals surface area contributed by atoms with Crippen LogP contribution in [0.4, 0.5) is 5.69 Å². The van der Waals surface area contributed by atoms with Crippen molar-refractivity contribution in [3.63, 3.8) is 0 Å². The second-order valence-corrected chi connectivity index (χ2v) is 9.62. The Bertz CT molecular complexity index is 1220. The highest BCUT2D eigenvalue weighted by Gasteiger charge is 2.17. The Balaban J connectivity index is 1.76. The van der Waals surface area contributed by atoms with Gasteiger partial charge in [-0.2, -0.15) is 0 Å². The number of aryl methyl sites for hydroxylation is 4. The fourth-order valence-corrected chi connectivity index (χ4v) is 4.68. The highest BCUT2D eigenvalue weighted by Crippen LogP contribution is 2.24. The largest absolute Gasteiger partial charge is 0.346 e. The van der Waals surface area contributed by atoms with E-state index in [4.69, 9.17) is 0 Å². The molecule has 0 aromatic heterocycles. The van der Waals surface area contributed by atoms with Crippen LogP contribution in [0.3, 0.4) is 0 Å². The van der Waals surface area contributed by atoms with Crippen LogP contribution >= 0.6 is 0 Å². The molecular weight excluding hydrogens is 408 g/mol. The fourth-order valence-electron chi connectivity index (χ4n) is 3.53. The molecule has 0 aliphatic heterocycles. The third-order valence-corrected chi connectivity index (χ3v) is 6.86. The number of carbonyl (C=O) groups excluding carboxylic acids is 1. The summed E-state index contributed by atoms with van der Waals surface area (Å²) in [4.78, 5) is 13.0. The van der Waals surface area contributed by atoms with Gasteiger partial charge in [0.25, 0.3) is 15.9 Å². The van der Waals surface area contributed by atoms with Crippen molar-refractivity contribution in [1.29, 1.82) is 0 Å². The van der Waals surface area contributed by atoms with Gasteiger partial charge in [0.05, 0.1) is 16.6 Å². The molecule has 1 amide bonds. The zero-order valence-electron chi connectivity index (χ0n) is 18.5. The molecule has 0 spiro atoms. The van der Waals surface area contributed by atoms with Crippen LogP contribution in [0.5, 0.6) is 0 Å². The molecule has 0 aliphatic rings. The molecule has 31 heavy (non-hydrogen) atoms. The Kier molecular flexibility index (Phi) is 6.51. The normalized spacial score (nSPS) is 12.3. The first-order valence-electron chi connectivity index (χ1n) is 10.2. The van der Waals surface area contributed by atoms with Gasteiger partial charge in [0, 0.05) is 5.56 Å². The molecule has 0 unspecified atom stereocenters. The molecule has 0 saturated heterocycles. The maximum Gasteiger partial charge on any atom is 0.261 e. The monoisotopic (exact) mass is 436 g/mol. The Morgan fingerprint density at radius 1 is 0.806 bits per heavy atom. The molecule has 6 heteroatoms. The predicted molar refractivity (Wildman–Crippen MR) is 125 cm³/mol. The van der Waals surface area contributed by atoms with Crippen molar-refractivity contribution in [2.45, 2.75) is 45.6 Å². The summed E-state index contributed by atoms with van der Waals surface area (Å²) in [6.45, 7) is 9.92. The number of carbonyl (C=O) groups is 1. The van der Waals surface area contributed by atoms with E-state index in [1.807, 2.05) is 13.8 Å². The molecule has 0 heterocycles. The number of amides is 1.